The molecule has 1 rings (SSSR count). The Morgan fingerprint density at radius 1 is 1.32 bits per heavy atom. The summed E-state index contributed by atoms with van der Waals surface area (Å²) in [5.41, 5.74) is -1.53. The zero-order chi connectivity index (χ0) is 16.8. The molecule has 0 spiro atoms. The van der Waals surface area contributed by atoms with Gasteiger partial charge in [-0.3, -0.25) is 4.79 Å². The fourth-order valence-corrected chi connectivity index (χ4v) is 1.57. The van der Waals surface area contributed by atoms with E-state index in [1.54, 1.807) is 58.2 Å². The largest absolute Gasteiger partial charge is 0.465 e. The summed E-state index contributed by atoms with van der Waals surface area (Å²) in [4.78, 5) is 23.0. The Morgan fingerprint density at radius 3 is 2.50 bits per heavy atom. The third-order valence-electron chi connectivity index (χ3n) is 2.52. The van der Waals surface area contributed by atoms with Crippen LogP contribution < -0.4 is 5.32 Å². The number of ether oxygens (including phenoxy) is 2. The van der Waals surface area contributed by atoms with Crippen molar-refractivity contribution in [2.75, 3.05) is 6.61 Å². The second-order valence-electron chi connectivity index (χ2n) is 6.17. The number of carbonyl (C=O) groups is 2. The van der Waals surface area contributed by atoms with Crippen molar-refractivity contribution in [3.8, 4) is 0 Å². The standard InChI is InChI=1S/C16H23NO5/c1-12(18)21-11-16(5,9-8-13-7-6-10-20-13)17-14(19)22-15(2,3)4/h6-10H,11H2,1-5H3,(H,17,19)/b9-8+/t16-/m1/s1. The summed E-state index contributed by atoms with van der Waals surface area (Å²) in [6, 6.07) is 3.53. The molecule has 0 aliphatic rings. The Bertz CT molecular complexity index is 527. The van der Waals surface area contributed by atoms with Crippen molar-refractivity contribution < 1.29 is 23.5 Å². The first-order chi connectivity index (χ1) is 10.1. The topological polar surface area (TPSA) is 77.8 Å². The van der Waals surface area contributed by atoms with E-state index in [1.165, 1.54) is 6.92 Å². The Labute approximate surface area is 130 Å². The molecule has 0 saturated heterocycles. The van der Waals surface area contributed by atoms with Crippen molar-refractivity contribution in [2.24, 2.45) is 0 Å². The normalized spacial score (nSPS) is 14.4. The second-order valence-corrected chi connectivity index (χ2v) is 6.17. The minimum absolute atomic E-state index is 0.0151. The van der Waals surface area contributed by atoms with E-state index in [9.17, 15) is 9.59 Å². The summed E-state index contributed by atoms with van der Waals surface area (Å²) < 4.78 is 15.4. The van der Waals surface area contributed by atoms with E-state index in [1.807, 2.05) is 0 Å². The average molecular weight is 309 g/mol. The molecule has 1 N–H and O–H groups in total. The molecule has 1 aromatic heterocycles. The molecule has 22 heavy (non-hydrogen) atoms. The van der Waals surface area contributed by atoms with Crippen LogP contribution in [0, 0.1) is 0 Å². The molecular formula is C16H23NO5. The number of rotatable bonds is 5. The zero-order valence-electron chi connectivity index (χ0n) is 13.6. The molecule has 1 heterocycles. The number of hydrogen-bond acceptors (Lipinski definition) is 5. The van der Waals surface area contributed by atoms with Crippen LogP contribution in [0.15, 0.2) is 28.9 Å². The molecule has 0 saturated carbocycles. The van der Waals surface area contributed by atoms with E-state index in [2.05, 4.69) is 5.32 Å². The van der Waals surface area contributed by atoms with Gasteiger partial charge in [0, 0.05) is 6.92 Å². The second kappa shape index (κ2) is 7.15. The average Bonchev–Trinajstić information content (AvgIpc) is 2.85. The molecule has 1 aromatic rings. The van der Waals surface area contributed by atoms with Crippen LogP contribution in [0.1, 0.15) is 40.4 Å². The quantitative estimate of drug-likeness (QED) is 0.845. The minimum atomic E-state index is -0.916. The van der Waals surface area contributed by atoms with Crippen LogP contribution in [0.5, 0.6) is 0 Å². The van der Waals surface area contributed by atoms with Crippen molar-refractivity contribution in [3.63, 3.8) is 0 Å². The van der Waals surface area contributed by atoms with Gasteiger partial charge in [0.15, 0.2) is 0 Å². The van der Waals surface area contributed by atoms with Gasteiger partial charge in [0.2, 0.25) is 0 Å². The van der Waals surface area contributed by atoms with Crippen molar-refractivity contribution in [1.29, 1.82) is 0 Å². The van der Waals surface area contributed by atoms with Crippen LogP contribution >= 0.6 is 0 Å². The van der Waals surface area contributed by atoms with Gasteiger partial charge in [0.05, 0.1) is 11.8 Å². The van der Waals surface area contributed by atoms with Gasteiger partial charge in [-0.1, -0.05) is 6.08 Å². The molecule has 122 valence electrons. The third kappa shape index (κ3) is 6.97. The van der Waals surface area contributed by atoms with Crippen LogP contribution in [0.2, 0.25) is 0 Å². The first kappa shape index (κ1) is 17.8. The monoisotopic (exact) mass is 309 g/mol. The maximum atomic E-state index is 11.9. The molecule has 0 bridgehead atoms. The summed E-state index contributed by atoms with van der Waals surface area (Å²) in [5.74, 6) is 0.198. The maximum Gasteiger partial charge on any atom is 0.408 e. The summed E-state index contributed by atoms with van der Waals surface area (Å²) in [6.45, 7) is 8.33. The number of carbonyl (C=O) groups excluding carboxylic acids is 2. The van der Waals surface area contributed by atoms with Gasteiger partial charge in [0.1, 0.15) is 18.0 Å². The van der Waals surface area contributed by atoms with Crippen LogP contribution in [-0.2, 0) is 14.3 Å². The number of alkyl carbamates (subject to hydrolysis) is 1. The number of amides is 1. The van der Waals surface area contributed by atoms with Crippen LogP contribution in [0.4, 0.5) is 4.79 Å². The Kier molecular flexibility index (Phi) is 5.79. The first-order valence-corrected chi connectivity index (χ1v) is 6.97. The van der Waals surface area contributed by atoms with Crippen LogP contribution in [-0.4, -0.2) is 29.8 Å². The van der Waals surface area contributed by atoms with Gasteiger partial charge >= 0.3 is 12.1 Å². The minimum Gasteiger partial charge on any atom is -0.465 e. The van der Waals surface area contributed by atoms with E-state index in [0.717, 1.165) is 0 Å². The van der Waals surface area contributed by atoms with Gasteiger partial charge in [-0.15, -0.1) is 0 Å². The molecule has 0 radical (unpaired) electrons. The lowest BCUT2D eigenvalue weighted by molar-refractivity contribution is -0.142. The fourth-order valence-electron chi connectivity index (χ4n) is 1.57. The van der Waals surface area contributed by atoms with E-state index < -0.39 is 23.2 Å². The SMILES string of the molecule is CC(=O)OC[C@@](C)(/C=C/c1ccco1)NC(=O)OC(C)(C)C. The van der Waals surface area contributed by atoms with Crippen molar-refractivity contribution in [1.82, 2.24) is 5.32 Å². The highest BCUT2D eigenvalue weighted by Gasteiger charge is 2.28. The fraction of sp³-hybridized carbons (Fsp3) is 0.500. The molecular weight excluding hydrogens is 286 g/mol. The Morgan fingerprint density at radius 2 is 2.00 bits per heavy atom. The lowest BCUT2D eigenvalue weighted by atomic mass is 10.0. The molecule has 1 amide bonds. The molecule has 0 aliphatic carbocycles. The number of nitrogens with one attached hydrogen (secondary N) is 1. The Balaban J connectivity index is 2.81. The van der Waals surface area contributed by atoms with Crippen molar-refractivity contribution in [3.05, 3.63) is 30.2 Å². The van der Waals surface area contributed by atoms with Gasteiger partial charge in [0.25, 0.3) is 0 Å². The summed E-state index contributed by atoms with van der Waals surface area (Å²) in [6.07, 6.45) is 4.34. The molecule has 6 heteroatoms. The lowest BCUT2D eigenvalue weighted by Crippen LogP contribution is -2.50. The van der Waals surface area contributed by atoms with E-state index in [-0.39, 0.29) is 6.61 Å². The number of esters is 1. The first-order valence-electron chi connectivity index (χ1n) is 6.97. The van der Waals surface area contributed by atoms with Crippen molar-refractivity contribution >= 4 is 18.1 Å². The number of hydrogen-bond donors (Lipinski definition) is 1. The van der Waals surface area contributed by atoms with Crippen LogP contribution in [0.3, 0.4) is 0 Å². The third-order valence-corrected chi connectivity index (χ3v) is 2.52. The molecule has 0 fully saturated rings. The summed E-state index contributed by atoms with van der Waals surface area (Å²) in [7, 11) is 0. The van der Waals surface area contributed by atoms with Gasteiger partial charge in [-0.25, -0.2) is 4.79 Å². The molecule has 6 nitrogen and oxygen atoms in total. The predicted molar refractivity (Wildman–Crippen MR) is 82.1 cm³/mol. The summed E-state index contributed by atoms with van der Waals surface area (Å²) >= 11 is 0. The van der Waals surface area contributed by atoms with Crippen LogP contribution in [0.25, 0.3) is 6.08 Å². The maximum absolute atomic E-state index is 11.9. The molecule has 0 aliphatic heterocycles. The summed E-state index contributed by atoms with van der Waals surface area (Å²) in [5, 5.41) is 2.70. The highest BCUT2D eigenvalue weighted by atomic mass is 16.6. The van der Waals surface area contributed by atoms with E-state index in [4.69, 9.17) is 13.9 Å². The Hall–Kier alpha value is -2.24. The number of furan rings is 1. The smallest absolute Gasteiger partial charge is 0.408 e. The van der Waals surface area contributed by atoms with Crippen molar-refractivity contribution in [2.45, 2.75) is 45.8 Å². The van der Waals surface area contributed by atoms with E-state index >= 15 is 0 Å². The molecule has 0 unspecified atom stereocenters. The van der Waals surface area contributed by atoms with Gasteiger partial charge in [-0.2, -0.15) is 0 Å². The highest BCUT2D eigenvalue weighted by Crippen LogP contribution is 2.14. The molecule has 0 aromatic carbocycles. The van der Waals surface area contributed by atoms with Gasteiger partial charge in [-0.05, 0) is 45.9 Å². The van der Waals surface area contributed by atoms with Gasteiger partial charge < -0.3 is 19.2 Å². The van der Waals surface area contributed by atoms with E-state index in [0.29, 0.717) is 5.76 Å². The zero-order valence-corrected chi connectivity index (χ0v) is 13.6. The highest BCUT2D eigenvalue weighted by molar-refractivity contribution is 5.70. The lowest BCUT2D eigenvalue weighted by Gasteiger charge is -2.29. The predicted octanol–water partition coefficient (Wildman–Crippen LogP) is 3.14. The molecule has 1 atom stereocenters.